The molecule has 1 aromatic carbocycles. The Morgan fingerprint density at radius 1 is 1.05 bits per heavy atom. The molecule has 4 aromatic rings. The van der Waals surface area contributed by atoms with Gasteiger partial charge in [-0.1, -0.05) is 35.5 Å². The van der Waals surface area contributed by atoms with Crippen LogP contribution in [0.25, 0.3) is 17.0 Å². The molecule has 4 rings (SSSR count). The third-order valence-electron chi connectivity index (χ3n) is 3.07. The Morgan fingerprint density at radius 2 is 1.95 bits per heavy atom. The maximum Gasteiger partial charge on any atom is 0.186 e. The third-order valence-corrected chi connectivity index (χ3v) is 5.20. The smallest absolute Gasteiger partial charge is 0.186 e. The van der Waals surface area contributed by atoms with Crippen molar-refractivity contribution < 1.29 is 0 Å². The Labute approximate surface area is 139 Å². The van der Waals surface area contributed by atoms with Crippen LogP contribution in [0.2, 0.25) is 5.02 Å². The number of nitrogens with zero attached hydrogens (tertiary/aromatic N) is 4. The third kappa shape index (κ3) is 2.49. The molecule has 0 bridgehead atoms. The molecular weight excluding hydrogens is 336 g/mol. The second-order valence-corrected chi connectivity index (χ2v) is 6.76. The summed E-state index contributed by atoms with van der Waals surface area (Å²) in [7, 11) is 0. The summed E-state index contributed by atoms with van der Waals surface area (Å²) in [6.07, 6.45) is 0. The standard InChI is InChI=1S/C15H9ClN4S2/c16-11-3-1-2-4-12(11)22-14-6-5-13-17-18-15(20(13)19-14)10-7-8-21-9-10/h1-9H. The molecule has 0 aliphatic carbocycles. The summed E-state index contributed by atoms with van der Waals surface area (Å²) in [5, 5.41) is 18.6. The van der Waals surface area contributed by atoms with E-state index in [9.17, 15) is 0 Å². The Hall–Kier alpha value is -1.89. The molecule has 0 radical (unpaired) electrons. The molecule has 3 heterocycles. The molecule has 3 aromatic heterocycles. The quantitative estimate of drug-likeness (QED) is 0.542. The average Bonchev–Trinajstić information content (AvgIpc) is 3.18. The number of hydrogen-bond acceptors (Lipinski definition) is 5. The van der Waals surface area contributed by atoms with E-state index in [1.165, 1.54) is 11.8 Å². The van der Waals surface area contributed by atoms with Gasteiger partial charge in [0.25, 0.3) is 0 Å². The zero-order valence-electron chi connectivity index (χ0n) is 11.2. The van der Waals surface area contributed by atoms with Gasteiger partial charge < -0.3 is 0 Å². The monoisotopic (exact) mass is 344 g/mol. The van der Waals surface area contributed by atoms with Crippen LogP contribution < -0.4 is 0 Å². The van der Waals surface area contributed by atoms with Crippen LogP contribution in [0.3, 0.4) is 0 Å². The van der Waals surface area contributed by atoms with E-state index in [4.69, 9.17) is 11.6 Å². The lowest BCUT2D eigenvalue weighted by Gasteiger charge is -2.04. The van der Waals surface area contributed by atoms with Crippen LogP contribution in [-0.2, 0) is 0 Å². The van der Waals surface area contributed by atoms with Gasteiger partial charge in [0.15, 0.2) is 11.5 Å². The molecule has 0 aliphatic heterocycles. The number of hydrogen-bond donors (Lipinski definition) is 0. The maximum atomic E-state index is 6.21. The van der Waals surface area contributed by atoms with Crippen molar-refractivity contribution in [3.8, 4) is 11.4 Å². The van der Waals surface area contributed by atoms with Crippen LogP contribution in [0.15, 0.2) is 63.1 Å². The summed E-state index contributed by atoms with van der Waals surface area (Å²) >= 11 is 9.35. The van der Waals surface area contributed by atoms with E-state index in [1.54, 1.807) is 15.9 Å². The highest BCUT2D eigenvalue weighted by atomic mass is 35.5. The molecule has 108 valence electrons. The predicted molar refractivity (Wildman–Crippen MR) is 89.7 cm³/mol. The predicted octanol–water partition coefficient (Wildman–Crippen LogP) is 4.66. The molecule has 0 unspecified atom stereocenters. The van der Waals surface area contributed by atoms with E-state index in [0.717, 1.165) is 32.0 Å². The van der Waals surface area contributed by atoms with Crippen molar-refractivity contribution in [3.05, 3.63) is 58.2 Å². The second kappa shape index (κ2) is 5.72. The molecule has 0 fully saturated rings. The van der Waals surface area contributed by atoms with Crippen LogP contribution in [0.5, 0.6) is 0 Å². The summed E-state index contributed by atoms with van der Waals surface area (Å²) in [5.41, 5.74) is 1.75. The first-order chi connectivity index (χ1) is 10.8. The van der Waals surface area contributed by atoms with Crippen LogP contribution in [0.4, 0.5) is 0 Å². The van der Waals surface area contributed by atoms with E-state index in [0.29, 0.717) is 0 Å². The molecule has 0 amide bonds. The first-order valence-electron chi connectivity index (χ1n) is 6.49. The van der Waals surface area contributed by atoms with Crippen LogP contribution in [0.1, 0.15) is 0 Å². The zero-order chi connectivity index (χ0) is 14.9. The highest BCUT2D eigenvalue weighted by Gasteiger charge is 2.11. The SMILES string of the molecule is Clc1ccccc1Sc1ccc2nnc(-c3ccsc3)n2n1. The van der Waals surface area contributed by atoms with Gasteiger partial charge >= 0.3 is 0 Å². The molecular formula is C15H9ClN4S2. The second-order valence-electron chi connectivity index (χ2n) is 4.51. The Kier molecular flexibility index (Phi) is 3.57. The van der Waals surface area contributed by atoms with Crippen molar-refractivity contribution in [2.75, 3.05) is 0 Å². The van der Waals surface area contributed by atoms with Crippen molar-refractivity contribution in [1.82, 2.24) is 19.8 Å². The van der Waals surface area contributed by atoms with E-state index in [2.05, 4.69) is 15.3 Å². The van der Waals surface area contributed by atoms with Crippen molar-refractivity contribution in [3.63, 3.8) is 0 Å². The average molecular weight is 345 g/mol. The fourth-order valence-corrected chi connectivity index (χ4v) is 3.72. The number of halogens is 1. The summed E-state index contributed by atoms with van der Waals surface area (Å²) in [5.74, 6) is 0.748. The molecule has 0 saturated carbocycles. The Balaban J connectivity index is 1.77. The van der Waals surface area contributed by atoms with Crippen LogP contribution >= 0.6 is 34.7 Å². The number of aromatic nitrogens is 4. The van der Waals surface area contributed by atoms with Crippen molar-refractivity contribution in [2.45, 2.75) is 9.92 Å². The van der Waals surface area contributed by atoms with E-state index >= 15 is 0 Å². The first-order valence-corrected chi connectivity index (χ1v) is 8.62. The maximum absolute atomic E-state index is 6.21. The fraction of sp³-hybridized carbons (Fsp3) is 0. The lowest BCUT2D eigenvalue weighted by molar-refractivity contribution is 0.861. The van der Waals surface area contributed by atoms with Gasteiger partial charge in [0.05, 0.1) is 5.02 Å². The van der Waals surface area contributed by atoms with Gasteiger partial charge in [0.1, 0.15) is 5.03 Å². The van der Waals surface area contributed by atoms with E-state index in [1.807, 2.05) is 53.2 Å². The van der Waals surface area contributed by atoms with Crippen LogP contribution in [0, 0.1) is 0 Å². The van der Waals surface area contributed by atoms with Gasteiger partial charge in [0, 0.05) is 15.8 Å². The highest BCUT2D eigenvalue weighted by molar-refractivity contribution is 7.99. The fourth-order valence-electron chi connectivity index (χ4n) is 2.04. The number of rotatable bonds is 3. The summed E-state index contributed by atoms with van der Waals surface area (Å²) in [4.78, 5) is 0.973. The van der Waals surface area contributed by atoms with Gasteiger partial charge in [-0.25, -0.2) is 0 Å². The van der Waals surface area contributed by atoms with E-state index in [-0.39, 0.29) is 0 Å². The Bertz CT molecular complexity index is 934. The van der Waals surface area contributed by atoms with Crippen molar-refractivity contribution >= 4 is 40.3 Å². The van der Waals surface area contributed by atoms with Crippen molar-refractivity contribution in [1.29, 1.82) is 0 Å². The topological polar surface area (TPSA) is 43.1 Å². The number of fused-ring (bicyclic) bond motifs is 1. The van der Waals surface area contributed by atoms with Gasteiger partial charge in [-0.2, -0.15) is 21.0 Å². The number of benzene rings is 1. The highest BCUT2D eigenvalue weighted by Crippen LogP contribution is 2.32. The summed E-state index contributed by atoms with van der Waals surface area (Å²) in [6, 6.07) is 13.6. The van der Waals surface area contributed by atoms with Gasteiger partial charge in [-0.05, 0) is 35.7 Å². The molecule has 7 heteroatoms. The molecule has 0 spiro atoms. The van der Waals surface area contributed by atoms with Crippen molar-refractivity contribution in [2.24, 2.45) is 0 Å². The normalized spacial score (nSPS) is 11.1. The Morgan fingerprint density at radius 3 is 2.77 bits per heavy atom. The summed E-state index contributed by atoms with van der Waals surface area (Å²) in [6.45, 7) is 0. The van der Waals surface area contributed by atoms with Gasteiger partial charge in [-0.3, -0.25) is 0 Å². The largest absolute Gasteiger partial charge is 0.192 e. The minimum absolute atomic E-state index is 0.719. The molecule has 0 aliphatic rings. The summed E-state index contributed by atoms with van der Waals surface area (Å²) < 4.78 is 1.77. The molecule has 0 N–H and O–H groups in total. The van der Waals surface area contributed by atoms with Gasteiger partial charge in [-0.15, -0.1) is 10.2 Å². The first kappa shape index (κ1) is 13.8. The van der Waals surface area contributed by atoms with Crippen LogP contribution in [-0.4, -0.2) is 19.8 Å². The minimum atomic E-state index is 0.719. The molecule has 0 saturated heterocycles. The molecule has 4 nitrogen and oxygen atoms in total. The van der Waals surface area contributed by atoms with Gasteiger partial charge in [0.2, 0.25) is 0 Å². The zero-order valence-corrected chi connectivity index (χ0v) is 13.6. The lowest BCUT2D eigenvalue weighted by atomic mass is 10.3. The molecule has 0 atom stereocenters. The lowest BCUT2D eigenvalue weighted by Crippen LogP contribution is -1.95. The van der Waals surface area contributed by atoms with E-state index < -0.39 is 0 Å². The molecule has 22 heavy (non-hydrogen) atoms. The number of thiophene rings is 1. The minimum Gasteiger partial charge on any atom is -0.192 e.